The van der Waals surface area contributed by atoms with E-state index in [9.17, 15) is 5.26 Å². The van der Waals surface area contributed by atoms with E-state index in [2.05, 4.69) is 35.7 Å². The molecule has 1 aromatic carbocycles. The number of nitrogens with zero attached hydrogens (tertiary/aromatic N) is 3. The highest BCUT2D eigenvalue weighted by molar-refractivity contribution is 5.86. The zero-order chi connectivity index (χ0) is 17.4. The normalized spacial score (nSPS) is 15.1. The molecule has 2 heterocycles. The number of aromatic nitrogens is 2. The molecule has 0 amide bonds. The predicted octanol–water partition coefficient (Wildman–Crippen LogP) is 4.97. The number of nitriles is 1. The Bertz CT molecular complexity index is 971. The van der Waals surface area contributed by atoms with Gasteiger partial charge in [0.25, 0.3) is 0 Å². The van der Waals surface area contributed by atoms with Gasteiger partial charge in [-0.15, -0.1) is 0 Å². The van der Waals surface area contributed by atoms with Crippen LogP contribution >= 0.6 is 0 Å². The van der Waals surface area contributed by atoms with Crippen LogP contribution in [0.3, 0.4) is 0 Å². The van der Waals surface area contributed by atoms with Crippen LogP contribution in [0, 0.1) is 18.3 Å². The van der Waals surface area contributed by atoms with Crippen molar-refractivity contribution >= 4 is 22.5 Å². The lowest BCUT2D eigenvalue weighted by Crippen LogP contribution is -2.19. The highest BCUT2D eigenvalue weighted by Crippen LogP contribution is 2.33. The van der Waals surface area contributed by atoms with Crippen LogP contribution in [0.5, 0.6) is 0 Å². The molecule has 1 aliphatic rings. The number of hydrogen-bond acceptors (Lipinski definition) is 3. The van der Waals surface area contributed by atoms with E-state index in [4.69, 9.17) is 4.98 Å². The molecule has 2 aromatic heterocycles. The molecule has 0 spiro atoms. The summed E-state index contributed by atoms with van der Waals surface area (Å²) in [5.74, 6) is 1.15. The Labute approximate surface area is 148 Å². The molecule has 3 aromatic rings. The molecule has 0 atom stereocenters. The zero-order valence-electron chi connectivity index (χ0n) is 15.0. The average molecular weight is 332 g/mol. The maximum Gasteiger partial charge on any atom is 0.157 e. The van der Waals surface area contributed by atoms with Crippen LogP contribution in [0.15, 0.2) is 24.3 Å². The standard InChI is InChI=1S/C21H24N4/c1-3-8-16-14(2)17(13-22)21-24-18-11-6-7-12-19(18)25(21)20(16)23-15-9-4-5-10-15/h6-7,11-12,15,23H,3-5,8-10H2,1-2H3. The minimum absolute atomic E-state index is 0.521. The number of fused-ring (bicyclic) bond motifs is 3. The van der Waals surface area contributed by atoms with Crippen LogP contribution in [-0.2, 0) is 6.42 Å². The van der Waals surface area contributed by atoms with Crippen molar-refractivity contribution in [2.45, 2.75) is 58.4 Å². The Morgan fingerprint density at radius 1 is 1.28 bits per heavy atom. The van der Waals surface area contributed by atoms with Gasteiger partial charge in [-0.1, -0.05) is 38.3 Å². The van der Waals surface area contributed by atoms with Crippen LogP contribution in [0.2, 0.25) is 0 Å². The topological polar surface area (TPSA) is 53.1 Å². The van der Waals surface area contributed by atoms with E-state index in [-0.39, 0.29) is 0 Å². The summed E-state index contributed by atoms with van der Waals surface area (Å²) in [5, 5.41) is 13.6. The zero-order valence-corrected chi connectivity index (χ0v) is 15.0. The van der Waals surface area contributed by atoms with Gasteiger partial charge in [-0.05, 0) is 49.4 Å². The Morgan fingerprint density at radius 2 is 2.04 bits per heavy atom. The average Bonchev–Trinajstić information content (AvgIpc) is 3.25. The summed E-state index contributed by atoms with van der Waals surface area (Å²) in [5.41, 5.74) is 5.85. The number of imidazole rings is 1. The van der Waals surface area contributed by atoms with Crippen molar-refractivity contribution in [1.29, 1.82) is 5.26 Å². The molecule has 0 radical (unpaired) electrons. The summed E-state index contributed by atoms with van der Waals surface area (Å²) < 4.78 is 2.18. The predicted molar refractivity (Wildman–Crippen MR) is 102 cm³/mol. The van der Waals surface area contributed by atoms with E-state index in [1.165, 1.54) is 31.2 Å². The van der Waals surface area contributed by atoms with Gasteiger partial charge in [-0.3, -0.25) is 4.40 Å². The first kappa shape index (κ1) is 16.0. The highest BCUT2D eigenvalue weighted by atomic mass is 15.1. The molecular formula is C21H24N4. The smallest absolute Gasteiger partial charge is 0.157 e. The lowest BCUT2D eigenvalue weighted by atomic mass is 10.00. The first-order valence-electron chi connectivity index (χ1n) is 9.33. The lowest BCUT2D eigenvalue weighted by molar-refractivity contribution is 0.743. The fourth-order valence-corrected chi connectivity index (χ4v) is 4.16. The van der Waals surface area contributed by atoms with Crippen LogP contribution in [-0.4, -0.2) is 15.4 Å². The molecule has 0 saturated heterocycles. The second kappa shape index (κ2) is 6.40. The SMILES string of the molecule is CCCc1c(C)c(C#N)c2nc3ccccc3n2c1NC1CCCC1. The van der Waals surface area contributed by atoms with E-state index in [0.29, 0.717) is 11.6 Å². The van der Waals surface area contributed by atoms with Gasteiger partial charge in [-0.2, -0.15) is 5.26 Å². The van der Waals surface area contributed by atoms with Gasteiger partial charge < -0.3 is 5.32 Å². The number of hydrogen-bond donors (Lipinski definition) is 1. The van der Waals surface area contributed by atoms with Gasteiger partial charge in [0.15, 0.2) is 5.65 Å². The van der Waals surface area contributed by atoms with Crippen LogP contribution in [0.4, 0.5) is 5.82 Å². The molecule has 1 fully saturated rings. The van der Waals surface area contributed by atoms with Crippen LogP contribution in [0.25, 0.3) is 16.7 Å². The fourth-order valence-electron chi connectivity index (χ4n) is 4.16. The fraction of sp³-hybridized carbons (Fsp3) is 0.429. The summed E-state index contributed by atoms with van der Waals surface area (Å²) in [6, 6.07) is 11.1. The van der Waals surface area contributed by atoms with E-state index in [1.807, 2.05) is 18.2 Å². The van der Waals surface area contributed by atoms with E-state index in [1.54, 1.807) is 0 Å². The number of nitrogens with one attached hydrogen (secondary N) is 1. The summed E-state index contributed by atoms with van der Waals surface area (Å²) >= 11 is 0. The quantitative estimate of drug-likeness (QED) is 0.733. The van der Waals surface area contributed by atoms with Crippen molar-refractivity contribution < 1.29 is 0 Å². The Kier molecular flexibility index (Phi) is 4.09. The number of rotatable bonds is 4. The van der Waals surface area contributed by atoms with Crippen molar-refractivity contribution in [3.8, 4) is 6.07 Å². The van der Waals surface area contributed by atoms with Crippen molar-refractivity contribution in [1.82, 2.24) is 9.38 Å². The second-order valence-electron chi connectivity index (χ2n) is 7.07. The molecule has 1 saturated carbocycles. The minimum atomic E-state index is 0.521. The number of anilines is 1. The summed E-state index contributed by atoms with van der Waals surface area (Å²) in [4.78, 5) is 4.78. The number of pyridine rings is 1. The first-order chi connectivity index (χ1) is 12.2. The lowest BCUT2D eigenvalue weighted by Gasteiger charge is -2.21. The molecule has 128 valence electrons. The molecule has 1 aliphatic carbocycles. The molecule has 0 aliphatic heterocycles. The molecule has 4 heteroatoms. The largest absolute Gasteiger partial charge is 0.368 e. The monoisotopic (exact) mass is 332 g/mol. The van der Waals surface area contributed by atoms with Gasteiger partial charge in [0.05, 0.1) is 16.6 Å². The third-order valence-electron chi connectivity index (χ3n) is 5.43. The molecule has 0 bridgehead atoms. The van der Waals surface area contributed by atoms with E-state index < -0.39 is 0 Å². The summed E-state index contributed by atoms with van der Waals surface area (Å²) in [7, 11) is 0. The number of benzene rings is 1. The van der Waals surface area contributed by atoms with Gasteiger partial charge in [-0.25, -0.2) is 4.98 Å². The third kappa shape index (κ3) is 2.55. The molecule has 25 heavy (non-hydrogen) atoms. The second-order valence-corrected chi connectivity index (χ2v) is 7.07. The summed E-state index contributed by atoms with van der Waals surface area (Å²) in [6.07, 6.45) is 7.06. The maximum atomic E-state index is 9.79. The van der Waals surface area contributed by atoms with Crippen molar-refractivity contribution in [3.63, 3.8) is 0 Å². The van der Waals surface area contributed by atoms with Gasteiger partial charge in [0.1, 0.15) is 11.9 Å². The third-order valence-corrected chi connectivity index (χ3v) is 5.43. The molecule has 4 rings (SSSR count). The van der Waals surface area contributed by atoms with Crippen LogP contribution in [0.1, 0.15) is 55.7 Å². The van der Waals surface area contributed by atoms with Gasteiger partial charge in [0.2, 0.25) is 0 Å². The minimum Gasteiger partial charge on any atom is -0.368 e. The molecular weight excluding hydrogens is 308 g/mol. The molecule has 1 N–H and O–H groups in total. The van der Waals surface area contributed by atoms with Crippen molar-refractivity contribution in [3.05, 3.63) is 41.0 Å². The van der Waals surface area contributed by atoms with Crippen LogP contribution < -0.4 is 5.32 Å². The summed E-state index contributed by atoms with van der Waals surface area (Å²) in [6.45, 7) is 4.27. The highest BCUT2D eigenvalue weighted by Gasteiger charge is 2.23. The van der Waals surface area contributed by atoms with Gasteiger partial charge in [0, 0.05) is 6.04 Å². The maximum absolute atomic E-state index is 9.79. The van der Waals surface area contributed by atoms with Crippen molar-refractivity contribution in [2.24, 2.45) is 0 Å². The number of para-hydroxylation sites is 2. The molecule has 4 nitrogen and oxygen atoms in total. The Morgan fingerprint density at radius 3 is 2.76 bits per heavy atom. The van der Waals surface area contributed by atoms with Crippen molar-refractivity contribution in [2.75, 3.05) is 5.32 Å². The van der Waals surface area contributed by atoms with E-state index in [0.717, 1.165) is 40.9 Å². The first-order valence-corrected chi connectivity index (χ1v) is 9.33. The molecule has 0 unspecified atom stereocenters. The Balaban J connectivity index is 2.06. The Hall–Kier alpha value is -2.54. The van der Waals surface area contributed by atoms with Gasteiger partial charge >= 0.3 is 0 Å². The van der Waals surface area contributed by atoms with E-state index >= 15 is 0 Å².